The molecule has 0 saturated heterocycles. The minimum Gasteiger partial charge on any atom is -0.384 e. The summed E-state index contributed by atoms with van der Waals surface area (Å²) in [6, 6.07) is 6.34. The fraction of sp³-hybridized carbons (Fsp3) is 0.538. The first kappa shape index (κ1) is 24.8. The number of hydrogen-bond donors (Lipinski definition) is 0. The molecule has 0 unspecified atom stereocenters. The van der Waals surface area contributed by atoms with E-state index < -0.39 is 0 Å². The van der Waals surface area contributed by atoms with Crippen molar-refractivity contribution in [2.75, 3.05) is 31.7 Å². The van der Waals surface area contributed by atoms with Crippen molar-refractivity contribution in [1.82, 2.24) is 9.66 Å². The molecule has 3 rings (SSSR count). The summed E-state index contributed by atoms with van der Waals surface area (Å²) in [5.74, 6) is 0.543. The van der Waals surface area contributed by atoms with Gasteiger partial charge in [-0.3, -0.25) is 4.79 Å². The quantitative estimate of drug-likeness (QED) is 0.497. The van der Waals surface area contributed by atoms with Crippen LogP contribution in [0.5, 0.6) is 0 Å². The fourth-order valence-corrected chi connectivity index (χ4v) is 4.19. The average molecular weight is 452 g/mol. The number of ether oxygens (including phenoxy) is 1. The summed E-state index contributed by atoms with van der Waals surface area (Å²) in [5.41, 5.74) is 6.09. The molecule has 1 aromatic carbocycles. The Labute approximate surface area is 197 Å². The van der Waals surface area contributed by atoms with Gasteiger partial charge in [0.1, 0.15) is 5.71 Å². The number of unbranched alkanes of at least 4 members (excludes halogenated alkanes) is 1. The summed E-state index contributed by atoms with van der Waals surface area (Å²) in [5, 5.41) is 4.69. The number of aromatic nitrogens is 2. The van der Waals surface area contributed by atoms with E-state index >= 15 is 0 Å². The molecule has 0 saturated carbocycles. The predicted molar refractivity (Wildman–Crippen MR) is 137 cm³/mol. The van der Waals surface area contributed by atoms with Crippen LogP contribution in [-0.2, 0) is 17.6 Å². The maximum Gasteiger partial charge on any atom is 0.277 e. The number of benzene rings is 1. The number of hydrogen-bond acceptors (Lipinski definition) is 6. The van der Waals surface area contributed by atoms with Gasteiger partial charge in [-0.1, -0.05) is 20.3 Å². The summed E-state index contributed by atoms with van der Waals surface area (Å²) in [6.45, 7) is 13.0. The molecule has 0 atom stereocenters. The minimum absolute atomic E-state index is 0.0959. The largest absolute Gasteiger partial charge is 0.384 e. The second-order valence-electron chi connectivity index (χ2n) is 8.33. The highest BCUT2D eigenvalue weighted by atomic mass is 16.5. The first-order chi connectivity index (χ1) is 16.0. The number of aryl methyl sites for hydroxylation is 1. The van der Waals surface area contributed by atoms with E-state index in [1.807, 2.05) is 6.92 Å². The molecule has 7 heteroatoms. The topological polar surface area (TPSA) is 72.1 Å². The van der Waals surface area contributed by atoms with Gasteiger partial charge in [0.05, 0.1) is 23.7 Å². The average Bonchev–Trinajstić information content (AvgIpc) is 3.16. The molecule has 0 amide bonds. The van der Waals surface area contributed by atoms with E-state index in [-0.39, 0.29) is 5.56 Å². The molecule has 33 heavy (non-hydrogen) atoms. The second kappa shape index (κ2) is 11.4. The lowest BCUT2D eigenvalue weighted by Crippen LogP contribution is -2.27. The van der Waals surface area contributed by atoms with E-state index in [1.54, 1.807) is 7.11 Å². The van der Waals surface area contributed by atoms with E-state index in [4.69, 9.17) is 14.7 Å². The van der Waals surface area contributed by atoms with Gasteiger partial charge in [-0.2, -0.15) is 9.78 Å². The van der Waals surface area contributed by atoms with Crippen molar-refractivity contribution in [2.24, 2.45) is 10.1 Å². The van der Waals surface area contributed by atoms with E-state index in [0.29, 0.717) is 36.5 Å². The van der Waals surface area contributed by atoms with E-state index in [2.05, 4.69) is 55.9 Å². The molecule has 0 aliphatic carbocycles. The van der Waals surface area contributed by atoms with Gasteiger partial charge in [-0.05, 0) is 63.8 Å². The Hall–Kier alpha value is -2.80. The Morgan fingerprint density at radius 3 is 2.48 bits per heavy atom. The van der Waals surface area contributed by atoms with Crippen LogP contribution in [0.2, 0.25) is 0 Å². The van der Waals surface area contributed by atoms with Gasteiger partial charge in [0.15, 0.2) is 5.82 Å². The molecule has 0 fully saturated rings. The van der Waals surface area contributed by atoms with Crippen molar-refractivity contribution in [3.63, 3.8) is 0 Å². The van der Waals surface area contributed by atoms with E-state index in [0.717, 1.165) is 55.0 Å². The third-order valence-corrected chi connectivity index (χ3v) is 6.15. The van der Waals surface area contributed by atoms with Crippen molar-refractivity contribution < 1.29 is 4.74 Å². The first-order valence-electron chi connectivity index (χ1n) is 12.1. The van der Waals surface area contributed by atoms with Crippen molar-refractivity contribution >= 4 is 22.8 Å². The molecule has 2 heterocycles. The Balaban J connectivity index is 2.12. The lowest BCUT2D eigenvalue weighted by atomic mass is 10.1. The molecule has 1 aliphatic heterocycles. The SMILES string of the molecule is CCCCC1=Nn2c(nc(CCOC)c(CC)c2=O)C1=Nc1ccc(N(CC)CC)cc1C. The normalized spacial score (nSPS) is 14.0. The predicted octanol–water partition coefficient (Wildman–Crippen LogP) is 4.68. The third-order valence-electron chi connectivity index (χ3n) is 6.15. The van der Waals surface area contributed by atoms with Crippen LogP contribution in [0.25, 0.3) is 0 Å². The lowest BCUT2D eigenvalue weighted by molar-refractivity contribution is 0.201. The fourth-order valence-electron chi connectivity index (χ4n) is 4.19. The smallest absolute Gasteiger partial charge is 0.277 e. The van der Waals surface area contributed by atoms with E-state index in [1.165, 1.54) is 10.4 Å². The molecular formula is C26H37N5O2. The third kappa shape index (κ3) is 5.24. The maximum atomic E-state index is 13.3. The van der Waals surface area contributed by atoms with Crippen molar-refractivity contribution in [3.05, 3.63) is 51.2 Å². The molecule has 0 spiro atoms. The minimum atomic E-state index is -0.0959. The summed E-state index contributed by atoms with van der Waals surface area (Å²) in [6.07, 6.45) is 4.00. The Morgan fingerprint density at radius 2 is 1.88 bits per heavy atom. The molecule has 1 aliphatic rings. The van der Waals surface area contributed by atoms with Crippen LogP contribution in [0.15, 0.2) is 33.1 Å². The zero-order valence-corrected chi connectivity index (χ0v) is 20.9. The highest BCUT2D eigenvalue weighted by molar-refractivity contribution is 6.49. The molecule has 1 aromatic heterocycles. The molecule has 178 valence electrons. The van der Waals surface area contributed by atoms with Gasteiger partial charge in [0.25, 0.3) is 5.56 Å². The van der Waals surface area contributed by atoms with Gasteiger partial charge in [0, 0.05) is 37.9 Å². The monoisotopic (exact) mass is 451 g/mol. The highest BCUT2D eigenvalue weighted by Gasteiger charge is 2.28. The zero-order chi connectivity index (χ0) is 24.0. The molecule has 2 aromatic rings. The summed E-state index contributed by atoms with van der Waals surface area (Å²) < 4.78 is 6.71. The van der Waals surface area contributed by atoms with Crippen LogP contribution >= 0.6 is 0 Å². The van der Waals surface area contributed by atoms with Gasteiger partial charge in [-0.15, -0.1) is 0 Å². The summed E-state index contributed by atoms with van der Waals surface area (Å²) in [4.78, 5) is 25.5. The van der Waals surface area contributed by atoms with Crippen LogP contribution < -0.4 is 10.5 Å². The number of methoxy groups -OCH3 is 1. The number of nitrogens with zero attached hydrogens (tertiary/aromatic N) is 5. The van der Waals surface area contributed by atoms with Gasteiger partial charge < -0.3 is 9.64 Å². The number of aliphatic imine (C=N–C) groups is 1. The van der Waals surface area contributed by atoms with Crippen LogP contribution in [0.4, 0.5) is 11.4 Å². The molecule has 0 radical (unpaired) electrons. The maximum absolute atomic E-state index is 13.3. The Kier molecular flexibility index (Phi) is 8.55. The molecule has 0 bridgehead atoms. The number of rotatable bonds is 11. The van der Waals surface area contributed by atoms with Crippen LogP contribution in [0.3, 0.4) is 0 Å². The van der Waals surface area contributed by atoms with Crippen LogP contribution in [0, 0.1) is 6.92 Å². The number of anilines is 1. The standard InChI is InChI=1S/C26H37N5O2/c1-7-11-12-23-24(27-21-14-13-19(17-18(21)5)30(9-3)10-4)25-28-22(15-16-33-6)20(8-2)26(32)31(25)29-23/h13-14,17H,7-12,15-16H2,1-6H3. The lowest BCUT2D eigenvalue weighted by Gasteiger charge is -2.21. The second-order valence-corrected chi connectivity index (χ2v) is 8.33. The summed E-state index contributed by atoms with van der Waals surface area (Å²) in [7, 11) is 1.66. The van der Waals surface area contributed by atoms with Crippen LogP contribution in [-0.4, -0.2) is 47.9 Å². The Bertz CT molecular complexity index is 1100. The molecule has 0 N–H and O–H groups in total. The number of fused-ring (bicyclic) bond motifs is 1. The van der Waals surface area contributed by atoms with Gasteiger partial charge >= 0.3 is 0 Å². The van der Waals surface area contributed by atoms with Crippen molar-refractivity contribution in [1.29, 1.82) is 0 Å². The van der Waals surface area contributed by atoms with Crippen molar-refractivity contribution in [2.45, 2.75) is 66.7 Å². The molecular weight excluding hydrogens is 414 g/mol. The van der Waals surface area contributed by atoms with Gasteiger partial charge in [0.2, 0.25) is 0 Å². The van der Waals surface area contributed by atoms with Crippen molar-refractivity contribution in [3.8, 4) is 0 Å². The van der Waals surface area contributed by atoms with Gasteiger partial charge in [-0.25, -0.2) is 9.98 Å². The van der Waals surface area contributed by atoms with Crippen LogP contribution in [0.1, 0.15) is 69.6 Å². The first-order valence-corrected chi connectivity index (χ1v) is 12.1. The highest BCUT2D eigenvalue weighted by Crippen LogP contribution is 2.27. The zero-order valence-electron chi connectivity index (χ0n) is 20.9. The Morgan fingerprint density at radius 1 is 1.12 bits per heavy atom. The van der Waals surface area contributed by atoms with E-state index in [9.17, 15) is 4.79 Å². The summed E-state index contributed by atoms with van der Waals surface area (Å²) >= 11 is 0. The molecule has 7 nitrogen and oxygen atoms in total.